The molecular weight excluding hydrogens is 368 g/mol. The zero-order valence-corrected chi connectivity index (χ0v) is 16.5. The average molecular weight is 394 g/mol. The Kier molecular flexibility index (Phi) is 5.24. The van der Waals surface area contributed by atoms with Crippen LogP contribution in [0.15, 0.2) is 53.3 Å². The molecule has 1 saturated heterocycles. The predicted molar refractivity (Wildman–Crippen MR) is 110 cm³/mol. The van der Waals surface area contributed by atoms with Gasteiger partial charge in [-0.3, -0.25) is 14.4 Å². The van der Waals surface area contributed by atoms with E-state index < -0.39 is 6.04 Å². The Morgan fingerprint density at radius 1 is 1.14 bits per heavy atom. The molecule has 0 spiro atoms. The van der Waals surface area contributed by atoms with Crippen molar-refractivity contribution < 1.29 is 9.59 Å². The minimum atomic E-state index is -0.553. The highest BCUT2D eigenvalue weighted by Gasteiger charge is 2.42. The SMILES string of the molecule is C[C@H](N)C(=O)N1C[C@H]2C[C@@H](C1)[C@H](CNC(=O)c1ccccc1)n1c2cccc1=O. The van der Waals surface area contributed by atoms with Crippen LogP contribution in [0.1, 0.15) is 41.4 Å². The van der Waals surface area contributed by atoms with Gasteiger partial charge >= 0.3 is 0 Å². The molecule has 152 valence electrons. The summed E-state index contributed by atoms with van der Waals surface area (Å²) in [6.45, 7) is 3.15. The first-order valence-electron chi connectivity index (χ1n) is 10.0. The average Bonchev–Trinajstić information content (AvgIpc) is 2.73. The van der Waals surface area contributed by atoms with Gasteiger partial charge in [0.15, 0.2) is 0 Å². The first-order chi connectivity index (χ1) is 14.0. The van der Waals surface area contributed by atoms with E-state index in [1.165, 1.54) is 0 Å². The maximum Gasteiger partial charge on any atom is 0.251 e. The number of nitrogens with one attached hydrogen (secondary N) is 1. The summed E-state index contributed by atoms with van der Waals surface area (Å²) >= 11 is 0. The molecule has 7 heteroatoms. The molecule has 29 heavy (non-hydrogen) atoms. The number of piperidine rings is 1. The summed E-state index contributed by atoms with van der Waals surface area (Å²) in [5, 5.41) is 2.98. The quantitative estimate of drug-likeness (QED) is 0.812. The Bertz CT molecular complexity index is 970. The molecule has 1 fully saturated rings. The number of rotatable bonds is 4. The van der Waals surface area contributed by atoms with Crippen molar-refractivity contribution in [2.24, 2.45) is 11.7 Å². The third-order valence-electron chi connectivity index (χ3n) is 6.01. The van der Waals surface area contributed by atoms with Crippen molar-refractivity contribution in [2.45, 2.75) is 31.3 Å². The second-order valence-electron chi connectivity index (χ2n) is 8.03. The summed E-state index contributed by atoms with van der Waals surface area (Å²) in [6, 6.07) is 13.5. The van der Waals surface area contributed by atoms with Crippen LogP contribution in [0.2, 0.25) is 0 Å². The number of hydrogen-bond acceptors (Lipinski definition) is 4. The van der Waals surface area contributed by atoms with E-state index in [0.29, 0.717) is 25.2 Å². The second kappa shape index (κ2) is 7.83. The zero-order chi connectivity index (χ0) is 20.5. The fraction of sp³-hybridized carbons (Fsp3) is 0.409. The molecule has 2 aliphatic rings. The van der Waals surface area contributed by atoms with Crippen molar-refractivity contribution in [1.29, 1.82) is 0 Å². The van der Waals surface area contributed by atoms with E-state index in [-0.39, 0.29) is 35.3 Å². The standard InChI is InChI=1S/C22H26N4O3/c1-14(23)22(29)25-12-16-10-17(13-25)19(26-18(16)8-5-9-20(26)27)11-24-21(28)15-6-3-2-4-7-15/h2-9,14,16-17,19H,10-13,23H2,1H3,(H,24,28)/t14-,16+,17-,19-/m0/s1. The van der Waals surface area contributed by atoms with Gasteiger partial charge in [0.2, 0.25) is 5.91 Å². The maximum absolute atomic E-state index is 12.7. The Morgan fingerprint density at radius 2 is 1.90 bits per heavy atom. The van der Waals surface area contributed by atoms with Crippen LogP contribution in [0.5, 0.6) is 0 Å². The van der Waals surface area contributed by atoms with Crippen LogP contribution >= 0.6 is 0 Å². The summed E-state index contributed by atoms with van der Waals surface area (Å²) in [7, 11) is 0. The van der Waals surface area contributed by atoms with Crippen LogP contribution in [0.3, 0.4) is 0 Å². The van der Waals surface area contributed by atoms with Crippen LogP contribution in [0.4, 0.5) is 0 Å². The molecule has 2 aromatic rings. The molecule has 4 atom stereocenters. The Labute approximate surface area is 169 Å². The van der Waals surface area contributed by atoms with Crippen molar-refractivity contribution in [2.75, 3.05) is 19.6 Å². The number of fused-ring (bicyclic) bond motifs is 4. The number of carbonyl (C=O) groups is 2. The molecule has 2 amide bonds. The van der Waals surface area contributed by atoms with E-state index in [0.717, 1.165) is 12.1 Å². The second-order valence-corrected chi connectivity index (χ2v) is 8.03. The van der Waals surface area contributed by atoms with Crippen molar-refractivity contribution in [3.8, 4) is 0 Å². The lowest BCUT2D eigenvalue weighted by Crippen LogP contribution is -2.55. The third-order valence-corrected chi connectivity index (χ3v) is 6.01. The van der Waals surface area contributed by atoms with Crippen molar-refractivity contribution in [3.05, 3.63) is 70.1 Å². The van der Waals surface area contributed by atoms with E-state index in [4.69, 9.17) is 5.73 Å². The Morgan fingerprint density at radius 3 is 2.62 bits per heavy atom. The van der Waals surface area contributed by atoms with Crippen LogP contribution in [-0.2, 0) is 4.79 Å². The van der Waals surface area contributed by atoms with Gasteiger partial charge in [0.25, 0.3) is 11.5 Å². The first kappa shape index (κ1) is 19.4. The highest BCUT2D eigenvalue weighted by molar-refractivity contribution is 5.94. The lowest BCUT2D eigenvalue weighted by atomic mass is 9.78. The van der Waals surface area contributed by atoms with Crippen LogP contribution in [0.25, 0.3) is 0 Å². The normalized spacial score (nSPS) is 23.8. The summed E-state index contributed by atoms with van der Waals surface area (Å²) in [6.07, 6.45) is 0.887. The van der Waals surface area contributed by atoms with Crippen LogP contribution < -0.4 is 16.6 Å². The van der Waals surface area contributed by atoms with Crippen molar-refractivity contribution in [1.82, 2.24) is 14.8 Å². The number of likely N-dealkylation sites (tertiary alicyclic amines) is 1. The van der Waals surface area contributed by atoms with E-state index in [1.54, 1.807) is 31.2 Å². The van der Waals surface area contributed by atoms with Gasteiger partial charge in [-0.25, -0.2) is 0 Å². The highest BCUT2D eigenvalue weighted by atomic mass is 16.2. The summed E-state index contributed by atoms with van der Waals surface area (Å²) in [5.74, 6) is -0.0531. The largest absolute Gasteiger partial charge is 0.350 e. The molecule has 0 aliphatic carbocycles. The van der Waals surface area contributed by atoms with Crippen molar-refractivity contribution >= 4 is 11.8 Å². The highest BCUT2D eigenvalue weighted by Crippen LogP contribution is 2.40. The molecule has 2 bridgehead atoms. The molecule has 3 N–H and O–H groups in total. The summed E-state index contributed by atoms with van der Waals surface area (Å²) in [5.41, 5.74) is 7.27. The summed E-state index contributed by atoms with van der Waals surface area (Å²) < 4.78 is 1.82. The van der Waals surface area contributed by atoms with Gasteiger partial charge in [-0.05, 0) is 37.5 Å². The lowest BCUT2D eigenvalue weighted by molar-refractivity contribution is -0.135. The molecule has 1 aromatic heterocycles. The molecule has 0 saturated carbocycles. The molecular formula is C22H26N4O3. The Hall–Kier alpha value is -2.93. The van der Waals surface area contributed by atoms with E-state index in [1.807, 2.05) is 33.7 Å². The molecule has 2 aliphatic heterocycles. The van der Waals surface area contributed by atoms with Gasteiger partial charge in [-0.15, -0.1) is 0 Å². The number of pyridine rings is 1. The lowest BCUT2D eigenvalue weighted by Gasteiger charge is -2.47. The number of aromatic nitrogens is 1. The molecule has 7 nitrogen and oxygen atoms in total. The van der Waals surface area contributed by atoms with Crippen LogP contribution in [-0.4, -0.2) is 47.0 Å². The molecule has 0 radical (unpaired) electrons. The number of amides is 2. The third kappa shape index (κ3) is 3.70. The maximum atomic E-state index is 12.7. The fourth-order valence-electron chi connectivity index (χ4n) is 4.66. The molecule has 3 heterocycles. The number of nitrogens with zero attached hydrogens (tertiary/aromatic N) is 2. The minimum absolute atomic E-state index is 0.0665. The zero-order valence-electron chi connectivity index (χ0n) is 16.5. The van der Waals surface area contributed by atoms with Crippen molar-refractivity contribution in [3.63, 3.8) is 0 Å². The topological polar surface area (TPSA) is 97.4 Å². The van der Waals surface area contributed by atoms with Crippen LogP contribution in [0, 0.1) is 5.92 Å². The van der Waals surface area contributed by atoms with Gasteiger partial charge < -0.3 is 20.5 Å². The predicted octanol–water partition coefficient (Wildman–Crippen LogP) is 1.11. The van der Waals surface area contributed by atoms with E-state index >= 15 is 0 Å². The first-order valence-corrected chi connectivity index (χ1v) is 10.0. The van der Waals surface area contributed by atoms with Gasteiger partial charge in [0, 0.05) is 42.9 Å². The van der Waals surface area contributed by atoms with Gasteiger partial charge in [0.05, 0.1) is 12.1 Å². The smallest absolute Gasteiger partial charge is 0.251 e. The van der Waals surface area contributed by atoms with Gasteiger partial charge in [0.1, 0.15) is 0 Å². The number of nitrogens with two attached hydrogens (primary N) is 1. The fourth-order valence-corrected chi connectivity index (χ4v) is 4.66. The Balaban J connectivity index is 1.62. The monoisotopic (exact) mass is 394 g/mol. The molecule has 0 unspecified atom stereocenters. The van der Waals surface area contributed by atoms with Gasteiger partial charge in [-0.1, -0.05) is 24.3 Å². The molecule has 4 rings (SSSR count). The van der Waals surface area contributed by atoms with Gasteiger partial charge in [-0.2, -0.15) is 0 Å². The minimum Gasteiger partial charge on any atom is -0.350 e. The van der Waals surface area contributed by atoms with E-state index in [2.05, 4.69) is 5.32 Å². The summed E-state index contributed by atoms with van der Waals surface area (Å²) in [4.78, 5) is 39.6. The molecule has 1 aromatic carbocycles. The number of hydrogen-bond donors (Lipinski definition) is 2. The number of carbonyl (C=O) groups excluding carboxylic acids is 2. The number of benzene rings is 1. The van der Waals surface area contributed by atoms with E-state index in [9.17, 15) is 14.4 Å².